The molecule has 0 bridgehead atoms. The number of nitrogens with zero attached hydrogens (tertiary/aromatic N) is 3. The fourth-order valence-corrected chi connectivity index (χ4v) is 3.14. The van der Waals surface area contributed by atoms with Crippen LogP contribution in [0.2, 0.25) is 5.02 Å². The van der Waals surface area contributed by atoms with Crippen molar-refractivity contribution in [3.8, 4) is 10.6 Å². The largest absolute Gasteiger partial charge is 0.299 e. The lowest BCUT2D eigenvalue weighted by atomic mass is 10.2. The quantitative estimate of drug-likeness (QED) is 0.782. The molecule has 0 fully saturated rings. The molecule has 23 heavy (non-hydrogen) atoms. The van der Waals surface area contributed by atoms with Crippen LogP contribution in [0.5, 0.6) is 0 Å². The van der Waals surface area contributed by atoms with E-state index in [-0.39, 0.29) is 5.91 Å². The van der Waals surface area contributed by atoms with Crippen molar-refractivity contribution in [1.29, 1.82) is 0 Å². The van der Waals surface area contributed by atoms with Gasteiger partial charge in [-0.15, -0.1) is 10.2 Å². The average Bonchev–Trinajstić information content (AvgIpc) is 2.96. The molecule has 0 saturated heterocycles. The molecule has 5 nitrogen and oxygen atoms in total. The van der Waals surface area contributed by atoms with Gasteiger partial charge in [-0.05, 0) is 38.1 Å². The summed E-state index contributed by atoms with van der Waals surface area (Å²) in [5, 5.41) is 12.9. The van der Waals surface area contributed by atoms with Gasteiger partial charge >= 0.3 is 0 Å². The number of rotatable bonds is 8. The van der Waals surface area contributed by atoms with Crippen LogP contribution in [0.4, 0.5) is 5.13 Å². The van der Waals surface area contributed by atoms with Crippen LogP contribution in [0.1, 0.15) is 26.7 Å². The summed E-state index contributed by atoms with van der Waals surface area (Å²) >= 11 is 7.24. The molecule has 0 unspecified atom stereocenters. The lowest BCUT2D eigenvalue weighted by molar-refractivity contribution is -0.117. The highest BCUT2D eigenvalue weighted by Crippen LogP contribution is 2.27. The standard InChI is InChI=1S/C16H21ClN4OS/c1-3-9-21(10-4-2)11-14(22)18-16-20-19-15(23-16)12-5-7-13(17)8-6-12/h5-8H,3-4,9-11H2,1-2H3,(H,18,20,22). The van der Waals surface area contributed by atoms with Gasteiger partial charge in [0.25, 0.3) is 0 Å². The first-order chi connectivity index (χ1) is 11.1. The van der Waals surface area contributed by atoms with E-state index < -0.39 is 0 Å². The van der Waals surface area contributed by atoms with E-state index in [1.54, 1.807) is 0 Å². The second-order valence-corrected chi connectivity index (χ2v) is 6.66. The molecule has 124 valence electrons. The Hall–Kier alpha value is -1.50. The van der Waals surface area contributed by atoms with E-state index in [9.17, 15) is 4.79 Å². The second-order valence-electron chi connectivity index (χ2n) is 5.24. The van der Waals surface area contributed by atoms with Crippen molar-refractivity contribution in [3.05, 3.63) is 29.3 Å². The number of nitrogens with one attached hydrogen (secondary N) is 1. The van der Waals surface area contributed by atoms with Crippen molar-refractivity contribution in [1.82, 2.24) is 15.1 Å². The van der Waals surface area contributed by atoms with E-state index in [0.717, 1.165) is 36.5 Å². The van der Waals surface area contributed by atoms with Crippen molar-refractivity contribution >= 4 is 34.0 Å². The first-order valence-corrected chi connectivity index (χ1v) is 8.93. The van der Waals surface area contributed by atoms with E-state index in [4.69, 9.17) is 11.6 Å². The van der Waals surface area contributed by atoms with E-state index in [0.29, 0.717) is 16.7 Å². The molecular formula is C16H21ClN4OS. The van der Waals surface area contributed by atoms with Crippen molar-refractivity contribution < 1.29 is 4.79 Å². The fourth-order valence-electron chi connectivity index (χ4n) is 2.25. The number of benzene rings is 1. The predicted octanol–water partition coefficient (Wildman–Crippen LogP) is 3.92. The molecule has 0 atom stereocenters. The summed E-state index contributed by atoms with van der Waals surface area (Å²) in [5.74, 6) is -0.0503. The highest BCUT2D eigenvalue weighted by Gasteiger charge is 2.12. The van der Waals surface area contributed by atoms with Crippen LogP contribution in [-0.2, 0) is 4.79 Å². The molecule has 1 N–H and O–H groups in total. The van der Waals surface area contributed by atoms with Gasteiger partial charge in [-0.3, -0.25) is 15.0 Å². The number of amides is 1. The highest BCUT2D eigenvalue weighted by atomic mass is 35.5. The number of hydrogen-bond acceptors (Lipinski definition) is 5. The second kappa shape index (κ2) is 8.96. The van der Waals surface area contributed by atoms with Crippen LogP contribution in [0.3, 0.4) is 0 Å². The third-order valence-corrected chi connectivity index (χ3v) is 4.35. The van der Waals surface area contributed by atoms with Crippen LogP contribution in [0, 0.1) is 0 Å². The maximum Gasteiger partial charge on any atom is 0.240 e. The maximum atomic E-state index is 12.1. The van der Waals surface area contributed by atoms with Gasteiger partial charge in [0.2, 0.25) is 11.0 Å². The van der Waals surface area contributed by atoms with E-state index in [1.165, 1.54) is 11.3 Å². The van der Waals surface area contributed by atoms with Crippen LogP contribution >= 0.6 is 22.9 Å². The molecule has 0 radical (unpaired) electrons. The van der Waals surface area contributed by atoms with Gasteiger partial charge in [-0.2, -0.15) is 0 Å². The number of aromatic nitrogens is 2. The first kappa shape index (κ1) is 17.8. The topological polar surface area (TPSA) is 58.1 Å². The summed E-state index contributed by atoms with van der Waals surface area (Å²) in [6, 6.07) is 7.39. The summed E-state index contributed by atoms with van der Waals surface area (Å²) in [6.45, 7) is 6.46. The normalized spacial score (nSPS) is 11.0. The molecule has 0 aliphatic rings. The minimum absolute atomic E-state index is 0.0503. The van der Waals surface area contributed by atoms with Crippen LogP contribution in [0.25, 0.3) is 10.6 Å². The Bertz CT molecular complexity index is 623. The zero-order valence-corrected chi connectivity index (χ0v) is 15.0. The number of carbonyl (C=O) groups excluding carboxylic acids is 1. The molecule has 1 aromatic heterocycles. The predicted molar refractivity (Wildman–Crippen MR) is 96.0 cm³/mol. The van der Waals surface area contributed by atoms with Gasteiger partial charge in [0.05, 0.1) is 6.54 Å². The van der Waals surface area contributed by atoms with Gasteiger partial charge in [-0.1, -0.05) is 48.9 Å². The average molecular weight is 353 g/mol. The Balaban J connectivity index is 1.95. The summed E-state index contributed by atoms with van der Waals surface area (Å²) in [5.41, 5.74) is 0.936. The molecule has 2 rings (SSSR count). The highest BCUT2D eigenvalue weighted by molar-refractivity contribution is 7.18. The molecular weight excluding hydrogens is 332 g/mol. The lowest BCUT2D eigenvalue weighted by Crippen LogP contribution is -2.34. The molecule has 0 aliphatic heterocycles. The van der Waals surface area contributed by atoms with Gasteiger partial charge in [-0.25, -0.2) is 0 Å². The SMILES string of the molecule is CCCN(CCC)CC(=O)Nc1nnc(-c2ccc(Cl)cc2)s1. The Labute approximate surface area is 145 Å². The molecule has 7 heteroatoms. The Morgan fingerprint density at radius 1 is 1.17 bits per heavy atom. The summed E-state index contributed by atoms with van der Waals surface area (Å²) in [4.78, 5) is 14.3. The minimum atomic E-state index is -0.0503. The zero-order valence-electron chi connectivity index (χ0n) is 13.4. The van der Waals surface area contributed by atoms with Crippen LogP contribution in [-0.4, -0.2) is 40.6 Å². The summed E-state index contributed by atoms with van der Waals surface area (Å²) in [6.07, 6.45) is 2.07. The molecule has 0 spiro atoms. The van der Waals surface area contributed by atoms with Gasteiger partial charge in [0.1, 0.15) is 5.01 Å². The van der Waals surface area contributed by atoms with Gasteiger partial charge < -0.3 is 0 Å². The Kier molecular flexibility index (Phi) is 6.95. The van der Waals surface area contributed by atoms with Crippen molar-refractivity contribution in [3.63, 3.8) is 0 Å². The third kappa shape index (κ3) is 5.57. The molecule has 0 aliphatic carbocycles. The summed E-state index contributed by atoms with van der Waals surface area (Å²) < 4.78 is 0. The van der Waals surface area contributed by atoms with Gasteiger partial charge in [0, 0.05) is 10.6 Å². The van der Waals surface area contributed by atoms with E-state index in [2.05, 4.69) is 34.3 Å². The van der Waals surface area contributed by atoms with Crippen molar-refractivity contribution in [2.45, 2.75) is 26.7 Å². The number of anilines is 1. The third-order valence-electron chi connectivity index (χ3n) is 3.21. The van der Waals surface area contributed by atoms with Gasteiger partial charge in [0.15, 0.2) is 0 Å². The molecule has 2 aromatic rings. The zero-order chi connectivity index (χ0) is 16.7. The van der Waals surface area contributed by atoms with Crippen molar-refractivity contribution in [2.75, 3.05) is 25.0 Å². The van der Waals surface area contributed by atoms with E-state index in [1.807, 2.05) is 24.3 Å². The van der Waals surface area contributed by atoms with Crippen molar-refractivity contribution in [2.24, 2.45) is 0 Å². The molecule has 1 amide bonds. The Morgan fingerprint density at radius 3 is 2.43 bits per heavy atom. The monoisotopic (exact) mass is 352 g/mol. The molecule has 1 heterocycles. The Morgan fingerprint density at radius 2 is 1.83 bits per heavy atom. The minimum Gasteiger partial charge on any atom is -0.299 e. The molecule has 0 saturated carbocycles. The number of carbonyl (C=O) groups is 1. The number of halogens is 1. The van der Waals surface area contributed by atoms with E-state index >= 15 is 0 Å². The summed E-state index contributed by atoms with van der Waals surface area (Å²) in [7, 11) is 0. The maximum absolute atomic E-state index is 12.1. The first-order valence-electron chi connectivity index (χ1n) is 7.74. The fraction of sp³-hybridized carbons (Fsp3) is 0.438. The number of hydrogen-bond donors (Lipinski definition) is 1. The van der Waals surface area contributed by atoms with Crippen LogP contribution in [0.15, 0.2) is 24.3 Å². The smallest absolute Gasteiger partial charge is 0.240 e. The van der Waals surface area contributed by atoms with Crippen LogP contribution < -0.4 is 5.32 Å². The lowest BCUT2D eigenvalue weighted by Gasteiger charge is -2.19. The molecule has 1 aromatic carbocycles.